The van der Waals surface area contributed by atoms with Crippen molar-refractivity contribution < 1.29 is 14.3 Å². The summed E-state index contributed by atoms with van der Waals surface area (Å²) in [6.07, 6.45) is 1.94. The van der Waals surface area contributed by atoms with E-state index in [0.29, 0.717) is 18.5 Å². The van der Waals surface area contributed by atoms with E-state index in [1.807, 2.05) is 6.07 Å². The Morgan fingerprint density at radius 2 is 2.24 bits per heavy atom. The number of nitrogens with zero attached hydrogens (tertiary/aromatic N) is 1. The quantitative estimate of drug-likeness (QED) is 0.573. The number of amides is 1. The third-order valence-corrected chi connectivity index (χ3v) is 2.87. The summed E-state index contributed by atoms with van der Waals surface area (Å²) in [4.78, 5) is 24.8. The molecule has 1 amide bonds. The summed E-state index contributed by atoms with van der Waals surface area (Å²) in [5, 5.41) is 0. The maximum atomic E-state index is 11.6. The summed E-state index contributed by atoms with van der Waals surface area (Å²) < 4.78 is 4.72. The lowest BCUT2D eigenvalue weighted by molar-refractivity contribution is -0.114. The summed E-state index contributed by atoms with van der Waals surface area (Å²) in [5.41, 5.74) is 2.18. The van der Waals surface area contributed by atoms with Gasteiger partial charge < -0.3 is 9.64 Å². The van der Waals surface area contributed by atoms with E-state index in [9.17, 15) is 9.59 Å². The predicted octanol–water partition coefficient (Wildman–Crippen LogP) is 1.55. The fourth-order valence-corrected chi connectivity index (χ4v) is 2.07. The number of esters is 1. The van der Waals surface area contributed by atoms with Crippen LogP contribution in [-0.4, -0.2) is 25.5 Å². The van der Waals surface area contributed by atoms with Crippen LogP contribution in [0, 0.1) is 0 Å². The molecular formula is C13H13NO3. The molecular weight excluding hydrogens is 218 g/mol. The molecule has 0 radical (unpaired) electrons. The van der Waals surface area contributed by atoms with Crippen LogP contribution in [-0.2, 0) is 16.0 Å². The Hall–Kier alpha value is -2.10. The van der Waals surface area contributed by atoms with Crippen molar-refractivity contribution >= 4 is 17.6 Å². The van der Waals surface area contributed by atoms with Gasteiger partial charge in [-0.05, 0) is 30.2 Å². The van der Waals surface area contributed by atoms with Crippen molar-refractivity contribution in [3.05, 3.63) is 42.0 Å². The lowest BCUT2D eigenvalue weighted by Gasteiger charge is -2.15. The lowest BCUT2D eigenvalue weighted by atomic mass is 10.1. The van der Waals surface area contributed by atoms with E-state index >= 15 is 0 Å². The van der Waals surface area contributed by atoms with E-state index in [0.717, 1.165) is 11.3 Å². The molecule has 2 rings (SSSR count). The van der Waals surface area contributed by atoms with Gasteiger partial charge in [0.15, 0.2) is 0 Å². The summed E-state index contributed by atoms with van der Waals surface area (Å²) in [6.45, 7) is 4.05. The largest absolute Gasteiger partial charge is 0.465 e. The van der Waals surface area contributed by atoms with Crippen LogP contribution in [0.4, 0.5) is 5.69 Å². The first-order chi connectivity index (χ1) is 8.19. The highest BCUT2D eigenvalue weighted by Crippen LogP contribution is 2.31. The zero-order valence-electron chi connectivity index (χ0n) is 9.60. The first-order valence-corrected chi connectivity index (χ1v) is 5.33. The van der Waals surface area contributed by atoms with Crippen LogP contribution >= 0.6 is 0 Å². The molecule has 88 valence electrons. The minimum absolute atomic E-state index is 0.147. The number of carbonyl (C=O) groups is 2. The Labute approximate surface area is 99.5 Å². The number of hydrogen-bond acceptors (Lipinski definition) is 3. The van der Waals surface area contributed by atoms with Crippen LogP contribution in [0.5, 0.6) is 0 Å². The van der Waals surface area contributed by atoms with Crippen molar-refractivity contribution in [2.24, 2.45) is 0 Å². The molecule has 0 N–H and O–H groups in total. The minimum Gasteiger partial charge on any atom is -0.465 e. The molecule has 1 aliphatic heterocycles. The first-order valence-electron chi connectivity index (χ1n) is 5.33. The molecule has 4 heteroatoms. The van der Waals surface area contributed by atoms with Crippen molar-refractivity contribution in [2.75, 3.05) is 18.6 Å². The van der Waals surface area contributed by atoms with Crippen molar-refractivity contribution in [3.63, 3.8) is 0 Å². The van der Waals surface area contributed by atoms with Gasteiger partial charge in [0.1, 0.15) is 0 Å². The maximum Gasteiger partial charge on any atom is 0.338 e. The lowest BCUT2D eigenvalue weighted by Crippen LogP contribution is -2.26. The Bertz CT molecular complexity index is 493. The van der Waals surface area contributed by atoms with Crippen molar-refractivity contribution in [1.82, 2.24) is 0 Å². The summed E-state index contributed by atoms with van der Waals surface area (Å²) in [6, 6.07) is 5.29. The molecule has 0 atom stereocenters. The third kappa shape index (κ3) is 1.82. The van der Waals surface area contributed by atoms with Crippen LogP contribution in [0.25, 0.3) is 0 Å². The average molecular weight is 231 g/mol. The number of hydrogen-bond donors (Lipinski definition) is 0. The van der Waals surface area contributed by atoms with Gasteiger partial charge in [-0.2, -0.15) is 0 Å². The van der Waals surface area contributed by atoms with Gasteiger partial charge in [0.2, 0.25) is 5.91 Å². The van der Waals surface area contributed by atoms with Gasteiger partial charge in [0, 0.05) is 12.2 Å². The van der Waals surface area contributed by atoms with Crippen LogP contribution in [0.2, 0.25) is 0 Å². The molecule has 4 nitrogen and oxygen atoms in total. The van der Waals surface area contributed by atoms with Gasteiger partial charge in [-0.3, -0.25) is 4.79 Å². The van der Waals surface area contributed by atoms with Crippen molar-refractivity contribution in [2.45, 2.75) is 6.42 Å². The van der Waals surface area contributed by atoms with E-state index in [-0.39, 0.29) is 11.9 Å². The van der Waals surface area contributed by atoms with Gasteiger partial charge >= 0.3 is 5.97 Å². The van der Waals surface area contributed by atoms with E-state index < -0.39 is 0 Å². The second-order valence-corrected chi connectivity index (χ2v) is 3.74. The second kappa shape index (κ2) is 4.41. The average Bonchev–Trinajstić information content (AvgIpc) is 2.80. The van der Waals surface area contributed by atoms with Gasteiger partial charge in [0.05, 0.1) is 12.7 Å². The second-order valence-electron chi connectivity index (χ2n) is 3.74. The summed E-state index contributed by atoms with van der Waals surface area (Å²) >= 11 is 0. The molecule has 0 aliphatic carbocycles. The first kappa shape index (κ1) is 11.4. The molecule has 1 aromatic carbocycles. The number of anilines is 1. The zero-order chi connectivity index (χ0) is 12.4. The number of rotatable bonds is 2. The number of ether oxygens (including phenoxy) is 1. The summed E-state index contributed by atoms with van der Waals surface area (Å²) in [5.74, 6) is -0.513. The number of methoxy groups -OCH3 is 1. The topological polar surface area (TPSA) is 46.6 Å². The molecule has 0 bridgehead atoms. The molecule has 0 unspecified atom stereocenters. The van der Waals surface area contributed by atoms with Crippen molar-refractivity contribution in [3.8, 4) is 0 Å². The third-order valence-electron chi connectivity index (χ3n) is 2.87. The number of fused-ring (bicyclic) bond motifs is 1. The molecule has 0 saturated carbocycles. The van der Waals surface area contributed by atoms with E-state index in [1.54, 1.807) is 17.0 Å². The Morgan fingerprint density at radius 1 is 1.47 bits per heavy atom. The zero-order valence-corrected chi connectivity index (χ0v) is 9.60. The van der Waals surface area contributed by atoms with Crippen LogP contribution in [0.3, 0.4) is 0 Å². The minimum atomic E-state index is -0.366. The van der Waals surface area contributed by atoms with Gasteiger partial charge in [-0.15, -0.1) is 0 Å². The fourth-order valence-electron chi connectivity index (χ4n) is 2.07. The Kier molecular flexibility index (Phi) is 2.95. The van der Waals surface area contributed by atoms with Gasteiger partial charge in [0.25, 0.3) is 0 Å². The molecule has 0 fully saturated rings. The number of carbonyl (C=O) groups excluding carboxylic acids is 2. The van der Waals surface area contributed by atoms with E-state index in [2.05, 4.69) is 6.58 Å². The highest BCUT2D eigenvalue weighted by molar-refractivity contribution is 6.04. The fraction of sp³-hybridized carbons (Fsp3) is 0.231. The van der Waals surface area contributed by atoms with Crippen LogP contribution in [0.15, 0.2) is 30.9 Å². The highest BCUT2D eigenvalue weighted by atomic mass is 16.5. The van der Waals surface area contributed by atoms with Gasteiger partial charge in [-0.1, -0.05) is 12.6 Å². The SMILES string of the molecule is C=CC(=O)N1CCc2c(C(=O)OC)cccc21. The normalized spacial score (nSPS) is 13.1. The predicted molar refractivity (Wildman–Crippen MR) is 64.0 cm³/mol. The molecule has 1 heterocycles. The standard InChI is InChI=1S/C13H13NO3/c1-3-12(15)14-8-7-9-10(13(16)17-2)5-4-6-11(9)14/h3-6H,1,7-8H2,2H3. The molecule has 0 spiro atoms. The monoisotopic (exact) mass is 231 g/mol. The highest BCUT2D eigenvalue weighted by Gasteiger charge is 2.27. The van der Waals surface area contributed by atoms with Crippen LogP contribution < -0.4 is 4.90 Å². The van der Waals surface area contributed by atoms with E-state index in [4.69, 9.17) is 4.74 Å². The van der Waals surface area contributed by atoms with Crippen molar-refractivity contribution in [1.29, 1.82) is 0 Å². The Morgan fingerprint density at radius 3 is 2.88 bits per heavy atom. The molecule has 1 aliphatic rings. The molecule has 1 aromatic rings. The van der Waals surface area contributed by atoms with E-state index in [1.165, 1.54) is 13.2 Å². The summed E-state index contributed by atoms with van der Waals surface area (Å²) in [7, 11) is 1.35. The smallest absolute Gasteiger partial charge is 0.338 e. The Balaban J connectivity index is 2.45. The number of benzene rings is 1. The molecule has 0 saturated heterocycles. The maximum absolute atomic E-state index is 11.6. The molecule has 0 aromatic heterocycles. The molecule has 17 heavy (non-hydrogen) atoms. The van der Waals surface area contributed by atoms with Gasteiger partial charge in [-0.25, -0.2) is 4.79 Å². The van der Waals surface area contributed by atoms with Crippen LogP contribution in [0.1, 0.15) is 15.9 Å².